The molecule has 3 heterocycles. The molecule has 0 N–H and O–H groups in total. The Morgan fingerprint density at radius 2 is 2.19 bits per heavy atom. The lowest BCUT2D eigenvalue weighted by Crippen LogP contribution is -2.47. The van der Waals surface area contributed by atoms with Crippen molar-refractivity contribution in [1.82, 2.24) is 14.5 Å². The zero-order chi connectivity index (χ0) is 17.9. The lowest BCUT2D eigenvalue weighted by molar-refractivity contribution is 0.0463. The van der Waals surface area contributed by atoms with Crippen LogP contribution in [-0.4, -0.2) is 46.6 Å². The second-order valence-electron chi connectivity index (χ2n) is 6.78. The fourth-order valence-electron chi connectivity index (χ4n) is 3.58. The van der Waals surface area contributed by atoms with E-state index in [4.69, 9.17) is 9.57 Å². The van der Waals surface area contributed by atoms with E-state index in [9.17, 15) is 0 Å². The van der Waals surface area contributed by atoms with Crippen LogP contribution in [0.1, 0.15) is 30.5 Å². The van der Waals surface area contributed by atoms with Crippen molar-refractivity contribution in [2.75, 3.05) is 20.3 Å². The van der Waals surface area contributed by atoms with Gasteiger partial charge in [0, 0.05) is 12.7 Å². The molecule has 0 spiro atoms. The van der Waals surface area contributed by atoms with Crippen LogP contribution in [0.5, 0.6) is 5.75 Å². The van der Waals surface area contributed by atoms with Crippen molar-refractivity contribution in [3.05, 3.63) is 48.1 Å². The molecule has 1 saturated heterocycles. The highest BCUT2D eigenvalue weighted by molar-refractivity contribution is 5.96. The van der Waals surface area contributed by atoms with Gasteiger partial charge in [-0.25, -0.2) is 4.98 Å². The van der Waals surface area contributed by atoms with Gasteiger partial charge in [-0.15, -0.1) is 0 Å². The maximum Gasteiger partial charge on any atom is 0.168 e. The normalized spacial score (nSPS) is 19.8. The van der Waals surface area contributed by atoms with Gasteiger partial charge in [0.15, 0.2) is 5.84 Å². The first kappa shape index (κ1) is 16.7. The molecule has 0 aliphatic carbocycles. The van der Waals surface area contributed by atoms with Gasteiger partial charge in [-0.2, -0.15) is 0 Å². The topological polar surface area (TPSA) is 51.9 Å². The van der Waals surface area contributed by atoms with E-state index < -0.39 is 0 Å². The van der Waals surface area contributed by atoms with Crippen molar-refractivity contribution in [2.24, 2.45) is 5.16 Å². The Bertz CT molecular complexity index is 840. The Labute approximate surface area is 153 Å². The standard InChI is InChI=1S/C20H24N4O2/c1-15-12-23(14-21-15)18-8-6-16(11-19(18)25-2)7-9-20-22-26-13-17-5-3-4-10-24(17)20/h6-9,11-12,14,17H,3-5,10,13H2,1-2H3/b9-7+. The van der Waals surface area contributed by atoms with E-state index in [0.29, 0.717) is 12.6 Å². The number of methoxy groups -OCH3 is 1. The third-order valence-electron chi connectivity index (χ3n) is 4.96. The zero-order valence-corrected chi connectivity index (χ0v) is 15.3. The predicted molar refractivity (Wildman–Crippen MR) is 102 cm³/mol. The van der Waals surface area contributed by atoms with E-state index in [-0.39, 0.29) is 0 Å². The Morgan fingerprint density at radius 1 is 1.27 bits per heavy atom. The van der Waals surface area contributed by atoms with Crippen molar-refractivity contribution < 1.29 is 9.57 Å². The van der Waals surface area contributed by atoms with Crippen molar-refractivity contribution in [3.63, 3.8) is 0 Å². The number of aromatic nitrogens is 2. The van der Waals surface area contributed by atoms with Crippen LogP contribution < -0.4 is 4.74 Å². The Hall–Kier alpha value is -2.76. The Morgan fingerprint density at radius 3 is 3.00 bits per heavy atom. The van der Waals surface area contributed by atoms with Crippen LogP contribution in [0, 0.1) is 6.92 Å². The molecule has 1 unspecified atom stereocenters. The van der Waals surface area contributed by atoms with Crippen LogP contribution in [0.15, 0.2) is 42.0 Å². The van der Waals surface area contributed by atoms with Crippen LogP contribution in [0.4, 0.5) is 0 Å². The summed E-state index contributed by atoms with van der Waals surface area (Å²) in [4.78, 5) is 12.1. The quantitative estimate of drug-likeness (QED) is 0.846. The minimum absolute atomic E-state index is 0.460. The minimum Gasteiger partial charge on any atom is -0.495 e. The average Bonchev–Trinajstić information content (AvgIpc) is 3.12. The van der Waals surface area contributed by atoms with Crippen molar-refractivity contribution in [1.29, 1.82) is 0 Å². The van der Waals surface area contributed by atoms with Crippen LogP contribution in [0.2, 0.25) is 0 Å². The Kier molecular flexibility index (Phi) is 4.65. The van der Waals surface area contributed by atoms with Gasteiger partial charge in [-0.05, 0) is 50.0 Å². The first-order valence-corrected chi connectivity index (χ1v) is 9.08. The molecule has 0 radical (unpaired) electrons. The van der Waals surface area contributed by atoms with Crippen molar-refractivity contribution >= 4 is 11.9 Å². The molecule has 2 aliphatic heterocycles. The van der Waals surface area contributed by atoms with Crippen molar-refractivity contribution in [3.8, 4) is 11.4 Å². The summed E-state index contributed by atoms with van der Waals surface area (Å²) in [6, 6.07) is 6.60. The number of hydrogen-bond acceptors (Lipinski definition) is 5. The molecule has 136 valence electrons. The number of hydrogen-bond donors (Lipinski definition) is 0. The minimum atomic E-state index is 0.460. The number of rotatable bonds is 4. The van der Waals surface area contributed by atoms with Crippen LogP contribution >= 0.6 is 0 Å². The van der Waals surface area contributed by atoms with Crippen LogP contribution in [-0.2, 0) is 4.84 Å². The fourth-order valence-corrected chi connectivity index (χ4v) is 3.58. The van der Waals surface area contributed by atoms with Gasteiger partial charge in [0.25, 0.3) is 0 Å². The second kappa shape index (κ2) is 7.23. The molecule has 1 aromatic heterocycles. The molecule has 1 atom stereocenters. The highest BCUT2D eigenvalue weighted by atomic mass is 16.6. The van der Waals surface area contributed by atoms with Crippen LogP contribution in [0.25, 0.3) is 11.8 Å². The number of nitrogens with zero attached hydrogens (tertiary/aromatic N) is 4. The zero-order valence-electron chi connectivity index (χ0n) is 15.3. The van der Waals surface area contributed by atoms with Crippen molar-refractivity contribution in [2.45, 2.75) is 32.2 Å². The van der Waals surface area contributed by atoms with E-state index in [1.165, 1.54) is 19.3 Å². The number of aryl methyl sites for hydroxylation is 1. The number of oxime groups is 1. The first-order chi connectivity index (χ1) is 12.7. The van der Waals surface area contributed by atoms with Gasteiger partial charge in [0.1, 0.15) is 12.4 Å². The van der Waals surface area contributed by atoms with E-state index >= 15 is 0 Å². The number of piperidine rings is 1. The second-order valence-corrected chi connectivity index (χ2v) is 6.78. The van der Waals surface area contributed by atoms with E-state index in [0.717, 1.165) is 35.1 Å². The molecule has 6 heteroatoms. The molecule has 1 aromatic carbocycles. The van der Waals surface area contributed by atoms with E-state index in [2.05, 4.69) is 27.2 Å². The summed E-state index contributed by atoms with van der Waals surface area (Å²) in [6.07, 6.45) is 11.5. The lowest BCUT2D eigenvalue weighted by Gasteiger charge is -2.38. The summed E-state index contributed by atoms with van der Waals surface area (Å²) in [5.74, 6) is 1.72. The molecular weight excluding hydrogens is 328 g/mol. The summed E-state index contributed by atoms with van der Waals surface area (Å²) in [6.45, 7) is 3.73. The highest BCUT2D eigenvalue weighted by Crippen LogP contribution is 2.26. The van der Waals surface area contributed by atoms with Gasteiger partial charge in [-0.1, -0.05) is 17.3 Å². The molecule has 0 amide bonds. The molecule has 1 fully saturated rings. The van der Waals surface area contributed by atoms with Crippen LogP contribution in [0.3, 0.4) is 0 Å². The number of ether oxygens (including phenoxy) is 1. The molecule has 26 heavy (non-hydrogen) atoms. The summed E-state index contributed by atoms with van der Waals surface area (Å²) in [7, 11) is 1.69. The number of imidazole rings is 1. The third-order valence-corrected chi connectivity index (χ3v) is 4.96. The average molecular weight is 352 g/mol. The summed E-state index contributed by atoms with van der Waals surface area (Å²) >= 11 is 0. The largest absolute Gasteiger partial charge is 0.495 e. The maximum absolute atomic E-state index is 5.58. The van der Waals surface area contributed by atoms with Gasteiger partial charge >= 0.3 is 0 Å². The van der Waals surface area contributed by atoms with Gasteiger partial charge in [-0.3, -0.25) is 0 Å². The number of fused-ring (bicyclic) bond motifs is 1. The smallest absolute Gasteiger partial charge is 0.168 e. The van der Waals surface area contributed by atoms with E-state index in [1.54, 1.807) is 13.4 Å². The SMILES string of the molecule is COc1cc(/C=C/C2=NOCC3CCCCN23)ccc1-n1cnc(C)c1. The first-order valence-electron chi connectivity index (χ1n) is 9.08. The maximum atomic E-state index is 5.58. The lowest BCUT2D eigenvalue weighted by atomic mass is 10.0. The highest BCUT2D eigenvalue weighted by Gasteiger charge is 2.28. The Balaban J connectivity index is 1.56. The third kappa shape index (κ3) is 3.31. The summed E-state index contributed by atoms with van der Waals surface area (Å²) in [5.41, 5.74) is 3.01. The molecule has 6 nitrogen and oxygen atoms in total. The monoisotopic (exact) mass is 352 g/mol. The number of benzene rings is 1. The molecule has 0 bridgehead atoms. The molecule has 2 aliphatic rings. The molecule has 2 aromatic rings. The van der Waals surface area contributed by atoms with Gasteiger partial charge in [0.2, 0.25) is 0 Å². The molecule has 0 saturated carbocycles. The fraction of sp³-hybridized carbons (Fsp3) is 0.400. The van der Waals surface area contributed by atoms with Gasteiger partial charge in [0.05, 0.1) is 30.9 Å². The number of amidine groups is 1. The predicted octanol–water partition coefficient (Wildman–Crippen LogP) is 3.40. The van der Waals surface area contributed by atoms with Gasteiger partial charge < -0.3 is 19.0 Å². The molecule has 4 rings (SSSR count). The molecular formula is C20H24N4O2. The summed E-state index contributed by atoms with van der Waals surface area (Å²) < 4.78 is 7.55. The summed E-state index contributed by atoms with van der Waals surface area (Å²) in [5, 5.41) is 4.25. The van der Waals surface area contributed by atoms with E-state index in [1.807, 2.05) is 35.9 Å².